The molecule has 21 heavy (non-hydrogen) atoms. The van der Waals surface area contributed by atoms with Crippen LogP contribution in [0.4, 0.5) is 0 Å². The number of piperidine rings is 1. The summed E-state index contributed by atoms with van der Waals surface area (Å²) in [4.78, 5) is 0.406. The van der Waals surface area contributed by atoms with Gasteiger partial charge in [0.25, 0.3) is 0 Å². The predicted octanol–water partition coefficient (Wildman–Crippen LogP) is 1.14. The molecule has 1 saturated heterocycles. The summed E-state index contributed by atoms with van der Waals surface area (Å²) in [6.07, 6.45) is 5.59. The van der Waals surface area contributed by atoms with E-state index < -0.39 is 10.0 Å². The second-order valence-electron chi connectivity index (χ2n) is 6.69. The molecular weight excluding hydrogens is 288 g/mol. The first-order chi connectivity index (χ1) is 10.1. The number of aryl methyl sites for hydroxylation is 1. The quantitative estimate of drug-likeness (QED) is 0.855. The van der Waals surface area contributed by atoms with E-state index in [1.165, 1.54) is 19.3 Å². The van der Waals surface area contributed by atoms with E-state index in [-0.39, 0.29) is 6.04 Å². The van der Waals surface area contributed by atoms with Crippen molar-refractivity contribution < 1.29 is 8.42 Å². The Morgan fingerprint density at radius 2 is 2.14 bits per heavy atom. The third-order valence-electron chi connectivity index (χ3n) is 5.02. The molecule has 2 aliphatic carbocycles. The fraction of sp³-hybridized carbons (Fsp3) is 0.786. The molecule has 3 fully saturated rings. The highest BCUT2D eigenvalue weighted by molar-refractivity contribution is 7.89. The van der Waals surface area contributed by atoms with Crippen molar-refractivity contribution >= 4 is 10.0 Å². The second-order valence-corrected chi connectivity index (χ2v) is 8.51. The number of aromatic amines is 1. The van der Waals surface area contributed by atoms with E-state index in [1.807, 2.05) is 0 Å². The smallest absolute Gasteiger partial charge is 0.247 e. The lowest BCUT2D eigenvalue weighted by atomic mass is 10.1. The van der Waals surface area contributed by atoms with Crippen LogP contribution in [0.15, 0.2) is 4.90 Å². The van der Waals surface area contributed by atoms with Crippen LogP contribution in [0.25, 0.3) is 0 Å². The van der Waals surface area contributed by atoms with Gasteiger partial charge in [0.1, 0.15) is 4.90 Å². The fourth-order valence-electron chi connectivity index (χ4n) is 3.75. The SMILES string of the molecule is Cc1[nH]nc(CNC2CC2)c1S(=O)(=O)N1CC2CCC1C2. The summed E-state index contributed by atoms with van der Waals surface area (Å²) < 4.78 is 27.8. The van der Waals surface area contributed by atoms with Crippen molar-refractivity contribution in [2.45, 2.75) is 62.6 Å². The van der Waals surface area contributed by atoms with Crippen LogP contribution in [-0.2, 0) is 16.6 Å². The van der Waals surface area contributed by atoms with E-state index in [9.17, 15) is 8.42 Å². The molecular formula is C14H22N4O2S. The Morgan fingerprint density at radius 1 is 1.33 bits per heavy atom. The lowest BCUT2D eigenvalue weighted by Crippen LogP contribution is -2.38. The molecule has 0 aromatic carbocycles. The maximum Gasteiger partial charge on any atom is 0.247 e. The molecule has 2 N–H and O–H groups in total. The topological polar surface area (TPSA) is 78.1 Å². The highest BCUT2D eigenvalue weighted by atomic mass is 32.2. The Labute approximate surface area is 125 Å². The van der Waals surface area contributed by atoms with Crippen LogP contribution in [-0.4, -0.2) is 41.5 Å². The monoisotopic (exact) mass is 310 g/mol. The number of fused-ring (bicyclic) bond motifs is 2. The van der Waals surface area contributed by atoms with Crippen LogP contribution in [0.5, 0.6) is 0 Å². The van der Waals surface area contributed by atoms with Gasteiger partial charge in [-0.3, -0.25) is 5.10 Å². The van der Waals surface area contributed by atoms with Gasteiger partial charge in [0.05, 0.1) is 11.4 Å². The van der Waals surface area contributed by atoms with Crippen molar-refractivity contribution in [3.8, 4) is 0 Å². The Bertz CT molecular complexity index is 650. The van der Waals surface area contributed by atoms with Crippen molar-refractivity contribution in [2.24, 2.45) is 5.92 Å². The van der Waals surface area contributed by atoms with Gasteiger partial charge >= 0.3 is 0 Å². The van der Waals surface area contributed by atoms with Gasteiger partial charge < -0.3 is 5.32 Å². The van der Waals surface area contributed by atoms with Crippen LogP contribution in [0.1, 0.15) is 43.5 Å². The van der Waals surface area contributed by atoms with Crippen LogP contribution >= 0.6 is 0 Å². The molecule has 3 aliphatic rings. The van der Waals surface area contributed by atoms with Crippen LogP contribution in [0, 0.1) is 12.8 Å². The van der Waals surface area contributed by atoms with Gasteiger partial charge in [0.2, 0.25) is 10.0 Å². The first-order valence-electron chi connectivity index (χ1n) is 7.85. The zero-order chi connectivity index (χ0) is 14.6. The number of hydrogen-bond acceptors (Lipinski definition) is 4. The first-order valence-corrected chi connectivity index (χ1v) is 9.29. The molecule has 0 radical (unpaired) electrons. The normalized spacial score (nSPS) is 29.4. The molecule has 2 bridgehead atoms. The largest absolute Gasteiger partial charge is 0.308 e. The van der Waals surface area contributed by atoms with Gasteiger partial charge in [-0.25, -0.2) is 8.42 Å². The van der Waals surface area contributed by atoms with E-state index in [4.69, 9.17) is 0 Å². The molecule has 2 atom stereocenters. The highest BCUT2D eigenvalue weighted by Crippen LogP contribution is 2.41. The number of nitrogens with one attached hydrogen (secondary N) is 2. The average molecular weight is 310 g/mol. The van der Waals surface area contributed by atoms with E-state index in [0.717, 1.165) is 12.8 Å². The fourth-order valence-corrected chi connectivity index (χ4v) is 5.82. The van der Waals surface area contributed by atoms with E-state index in [2.05, 4.69) is 15.5 Å². The number of aromatic nitrogens is 2. The maximum absolute atomic E-state index is 13.0. The third kappa shape index (κ3) is 2.31. The summed E-state index contributed by atoms with van der Waals surface area (Å²) in [5, 5.41) is 10.4. The minimum Gasteiger partial charge on any atom is -0.308 e. The molecule has 7 heteroatoms. The number of hydrogen-bond donors (Lipinski definition) is 2. The minimum atomic E-state index is -3.42. The molecule has 1 aliphatic heterocycles. The number of H-pyrrole nitrogens is 1. The molecule has 2 unspecified atom stereocenters. The van der Waals surface area contributed by atoms with Gasteiger partial charge in [-0.1, -0.05) is 0 Å². The van der Waals surface area contributed by atoms with Crippen molar-refractivity contribution in [3.63, 3.8) is 0 Å². The van der Waals surface area contributed by atoms with E-state index in [0.29, 0.717) is 41.3 Å². The molecule has 2 saturated carbocycles. The zero-order valence-corrected chi connectivity index (χ0v) is 13.1. The zero-order valence-electron chi connectivity index (χ0n) is 12.3. The van der Waals surface area contributed by atoms with Gasteiger partial charge in [-0.05, 0) is 44.9 Å². The molecule has 1 aromatic heterocycles. The van der Waals surface area contributed by atoms with Gasteiger partial charge in [-0.15, -0.1) is 0 Å². The summed E-state index contributed by atoms with van der Waals surface area (Å²) in [5.74, 6) is 0.560. The number of nitrogens with zero attached hydrogens (tertiary/aromatic N) is 2. The van der Waals surface area contributed by atoms with E-state index >= 15 is 0 Å². The molecule has 0 spiro atoms. The summed E-state index contributed by atoms with van der Waals surface area (Å²) in [6, 6.07) is 0.749. The predicted molar refractivity (Wildman–Crippen MR) is 78.2 cm³/mol. The molecule has 4 rings (SSSR count). The number of rotatable bonds is 5. The minimum absolute atomic E-state index is 0.207. The lowest BCUT2D eigenvalue weighted by molar-refractivity contribution is 0.333. The second kappa shape index (κ2) is 4.79. The molecule has 0 amide bonds. The van der Waals surface area contributed by atoms with Crippen molar-refractivity contribution in [3.05, 3.63) is 11.4 Å². The van der Waals surface area contributed by atoms with Crippen LogP contribution < -0.4 is 5.32 Å². The van der Waals surface area contributed by atoms with Crippen LogP contribution in [0.3, 0.4) is 0 Å². The van der Waals surface area contributed by atoms with Crippen molar-refractivity contribution in [2.75, 3.05) is 6.54 Å². The Hall–Kier alpha value is -0.920. The van der Waals surface area contributed by atoms with Gasteiger partial charge in [0.15, 0.2) is 0 Å². The van der Waals surface area contributed by atoms with Gasteiger partial charge in [0, 0.05) is 25.2 Å². The summed E-state index contributed by atoms with van der Waals surface area (Å²) in [7, 11) is -3.42. The molecule has 1 aromatic rings. The standard InChI is InChI=1S/C14H22N4O2S/c1-9-14(13(17-16-9)7-15-11-3-4-11)21(19,20)18-8-10-2-5-12(18)6-10/h10-12,15H,2-8H2,1H3,(H,16,17). The molecule has 6 nitrogen and oxygen atoms in total. The van der Waals surface area contributed by atoms with Crippen LogP contribution in [0.2, 0.25) is 0 Å². The first kappa shape index (κ1) is 13.7. The Balaban J connectivity index is 1.63. The van der Waals surface area contributed by atoms with E-state index in [1.54, 1.807) is 11.2 Å². The average Bonchev–Trinajstić information content (AvgIpc) is 2.86. The van der Waals surface area contributed by atoms with Crippen molar-refractivity contribution in [1.82, 2.24) is 19.8 Å². The highest BCUT2D eigenvalue weighted by Gasteiger charge is 2.45. The molecule has 116 valence electrons. The van der Waals surface area contributed by atoms with Crippen molar-refractivity contribution in [1.29, 1.82) is 0 Å². The van der Waals surface area contributed by atoms with Gasteiger partial charge in [-0.2, -0.15) is 9.40 Å². The summed E-state index contributed by atoms with van der Waals surface area (Å²) >= 11 is 0. The maximum atomic E-state index is 13.0. The third-order valence-corrected chi connectivity index (χ3v) is 7.14. The lowest BCUT2D eigenvalue weighted by Gasteiger charge is -2.26. The Kier molecular flexibility index (Phi) is 3.13. The number of sulfonamides is 1. The summed E-state index contributed by atoms with van der Waals surface area (Å²) in [6.45, 7) is 3.02. The molecule has 2 heterocycles. The Morgan fingerprint density at radius 3 is 2.76 bits per heavy atom. The summed E-state index contributed by atoms with van der Waals surface area (Å²) in [5.41, 5.74) is 1.30.